The van der Waals surface area contributed by atoms with Crippen molar-refractivity contribution in [3.63, 3.8) is 0 Å². The van der Waals surface area contributed by atoms with E-state index >= 15 is 0 Å². The zero-order valence-corrected chi connectivity index (χ0v) is 45.1. The summed E-state index contributed by atoms with van der Waals surface area (Å²) in [6, 6.07) is -13.9. The van der Waals surface area contributed by atoms with E-state index in [-0.39, 0.29) is 18.6 Å². The number of rotatable bonds is 12. The fourth-order valence-electron chi connectivity index (χ4n) is 7.35. The lowest BCUT2D eigenvalue weighted by molar-refractivity contribution is -0.150. The normalized spacial score (nSPS) is 24.7. The number of imide groups is 5. The summed E-state index contributed by atoms with van der Waals surface area (Å²) in [5.74, 6) is -6.74. The number of carbonyl (C=O) groups is 11. The van der Waals surface area contributed by atoms with Crippen LogP contribution in [0.1, 0.15) is 74.7 Å². The number of carbonyl (C=O) groups excluding carboxylic acids is 11. The van der Waals surface area contributed by atoms with E-state index in [0.29, 0.717) is 21.2 Å². The van der Waals surface area contributed by atoms with E-state index in [1.54, 1.807) is 60.9 Å². The maximum absolute atomic E-state index is 14.6. The van der Waals surface area contributed by atoms with Crippen molar-refractivity contribution >= 4 is 77.4 Å². The summed E-state index contributed by atoms with van der Waals surface area (Å²) in [6.45, 7) is 12.5. The summed E-state index contributed by atoms with van der Waals surface area (Å²) >= 11 is 1.02. The third-order valence-corrected chi connectivity index (χ3v) is 13.1. The molecule has 71 heavy (non-hydrogen) atoms. The number of hydrogen-bond acceptors (Lipinski definition) is 15. The summed E-state index contributed by atoms with van der Waals surface area (Å²) in [5, 5.41) is 30.0. The van der Waals surface area contributed by atoms with Crippen LogP contribution in [0.15, 0.2) is 12.2 Å². The van der Waals surface area contributed by atoms with Gasteiger partial charge in [-0.05, 0) is 66.5 Å². The maximum atomic E-state index is 14.6. The molecule has 26 heteroatoms. The predicted octanol–water partition coefficient (Wildman–Crippen LogP) is 0.315. The summed E-state index contributed by atoms with van der Waals surface area (Å²) in [6.07, 6.45) is 1.68. The minimum Gasteiger partial charge on any atom is -0.390 e. The monoisotopic (exact) mass is 1030 g/mol. The Hall–Kier alpha value is -5.86. The number of allylic oxidation sites excluding steroid dienone is 2. The van der Waals surface area contributed by atoms with Crippen molar-refractivity contribution in [3.8, 4) is 0 Å². The SMILES string of the molecule is C/C=C/C[C@@H](C)[C@@H](O)[C@H]1C(=O)N[C@@H](CC)C(=O)N(C)[C@@H](SCCN(C)C)C(=O)N(C)[C@@H](CC(C)(C)O)C(=O)NC(=O)N(C)C(=O)NC(=O)N[C@@H](C)C(=O)N(C)C(=O)N(C)C(=O)N(C)[C@@H](C(C)C)C(=O)N1C. The number of aliphatic hydroxyl groups excluding tert-OH is 1. The Balaban J connectivity index is 4.17. The number of urea groups is 5. The van der Waals surface area contributed by atoms with Crippen LogP contribution in [0.5, 0.6) is 0 Å². The van der Waals surface area contributed by atoms with E-state index in [0.717, 1.165) is 59.4 Å². The van der Waals surface area contributed by atoms with Crippen LogP contribution in [-0.2, 0) is 28.8 Å². The van der Waals surface area contributed by atoms with Gasteiger partial charge in [-0.1, -0.05) is 39.8 Å². The third-order valence-electron chi connectivity index (χ3n) is 11.8. The minimum absolute atomic E-state index is 0.0564. The molecule has 1 aliphatic heterocycles. The number of hydrogen-bond donors (Lipinski definition) is 6. The fourth-order valence-corrected chi connectivity index (χ4v) is 8.68. The highest BCUT2D eigenvalue weighted by Gasteiger charge is 2.45. The fraction of sp³-hybridized carbons (Fsp3) is 0.711. The quantitative estimate of drug-likeness (QED) is 0.144. The second-order valence-corrected chi connectivity index (χ2v) is 20.1. The molecule has 1 aliphatic rings. The van der Waals surface area contributed by atoms with Crippen molar-refractivity contribution in [2.24, 2.45) is 11.8 Å². The summed E-state index contributed by atoms with van der Waals surface area (Å²) in [5.41, 5.74) is -1.64. The zero-order chi connectivity index (χ0) is 55.2. The van der Waals surface area contributed by atoms with Gasteiger partial charge in [0.25, 0.3) is 17.7 Å². The molecule has 0 aliphatic carbocycles. The molecule has 0 aromatic rings. The van der Waals surface area contributed by atoms with Gasteiger partial charge in [0.15, 0.2) is 5.37 Å². The largest absolute Gasteiger partial charge is 0.390 e. The number of amides is 16. The van der Waals surface area contributed by atoms with E-state index < -0.39 is 131 Å². The average molecular weight is 1030 g/mol. The molecule has 0 bridgehead atoms. The third kappa shape index (κ3) is 17.4. The molecule has 6 N–H and O–H groups in total. The first-order chi connectivity index (χ1) is 32.7. The van der Waals surface area contributed by atoms with Crippen molar-refractivity contribution in [3.05, 3.63) is 12.2 Å². The van der Waals surface area contributed by atoms with Crippen molar-refractivity contribution in [1.82, 2.24) is 60.5 Å². The molecule has 402 valence electrons. The van der Waals surface area contributed by atoms with E-state index in [4.69, 9.17) is 0 Å². The summed E-state index contributed by atoms with van der Waals surface area (Å²) in [7, 11) is 11.5. The molecular formula is C45H78N12O13S. The van der Waals surface area contributed by atoms with Crippen LogP contribution in [-0.4, -0.2) is 238 Å². The molecule has 8 atom stereocenters. The second-order valence-electron chi connectivity index (χ2n) is 18.9. The van der Waals surface area contributed by atoms with E-state index in [1.165, 1.54) is 42.0 Å². The Morgan fingerprint density at radius 3 is 1.77 bits per heavy atom. The first-order valence-corrected chi connectivity index (χ1v) is 24.1. The number of aliphatic hydroxyl groups is 2. The molecule has 25 nitrogen and oxygen atoms in total. The van der Waals surface area contributed by atoms with Crippen molar-refractivity contribution in [2.75, 3.05) is 75.7 Å². The predicted molar refractivity (Wildman–Crippen MR) is 264 cm³/mol. The molecule has 0 spiro atoms. The highest BCUT2D eigenvalue weighted by atomic mass is 32.2. The van der Waals surface area contributed by atoms with Crippen LogP contribution in [0.2, 0.25) is 0 Å². The zero-order valence-electron chi connectivity index (χ0n) is 44.3. The molecule has 1 heterocycles. The number of nitrogens with one attached hydrogen (secondary N) is 4. The highest BCUT2D eigenvalue weighted by Crippen LogP contribution is 2.25. The van der Waals surface area contributed by atoms with Gasteiger partial charge in [-0.3, -0.25) is 44.3 Å². The maximum Gasteiger partial charge on any atom is 0.334 e. The first kappa shape index (κ1) is 63.2. The van der Waals surface area contributed by atoms with Crippen LogP contribution in [0.4, 0.5) is 24.0 Å². The minimum atomic E-state index is -1.68. The van der Waals surface area contributed by atoms with Gasteiger partial charge in [0.2, 0.25) is 17.7 Å². The molecule has 0 aromatic carbocycles. The molecular weight excluding hydrogens is 949 g/mol. The molecule has 0 saturated carbocycles. The lowest BCUT2D eigenvalue weighted by Crippen LogP contribution is -2.63. The first-order valence-electron chi connectivity index (χ1n) is 23.1. The Bertz CT molecular complexity index is 2000. The van der Waals surface area contributed by atoms with Gasteiger partial charge >= 0.3 is 30.2 Å². The standard InChI is InChI=1S/C45H78N12O13S/c1-18-20-21-26(5)32(58)31-34(60)47-28(19-2)36(62)54(14)39(71-23-22-50(9)10)38(64)51(11)29(24-45(7,8)70)33(59)48-41(66)56(16)42(67)49-40(65)46-27(6)35(61)55(15)44(69)57(17)43(68)53(13)30(25(3)4)37(63)52(31)12/h18,20,25-32,39,58,70H,19,21-24H2,1-17H3,(H,47,60)(H,48,59,66)(H2,46,49,65,67)/b20-18+/t26-,27+,28+,29+,30+,31+,32-,39+/m1/s1. The smallest absolute Gasteiger partial charge is 0.334 e. The molecule has 0 aromatic heterocycles. The summed E-state index contributed by atoms with van der Waals surface area (Å²) < 4.78 is 0. The van der Waals surface area contributed by atoms with Crippen LogP contribution in [0.3, 0.4) is 0 Å². The average Bonchev–Trinajstić information content (AvgIpc) is 3.29. The molecule has 1 rings (SSSR count). The van der Waals surface area contributed by atoms with Gasteiger partial charge in [-0.15, -0.1) is 11.8 Å². The van der Waals surface area contributed by atoms with Crippen LogP contribution >= 0.6 is 11.8 Å². The number of nitrogens with zero attached hydrogens (tertiary/aromatic N) is 8. The van der Waals surface area contributed by atoms with Gasteiger partial charge < -0.3 is 45.3 Å². The number of thioether (sulfide) groups is 1. The van der Waals surface area contributed by atoms with Gasteiger partial charge in [-0.25, -0.2) is 33.8 Å². The highest BCUT2D eigenvalue weighted by molar-refractivity contribution is 8.00. The Morgan fingerprint density at radius 2 is 1.27 bits per heavy atom. The Kier molecular flexibility index (Phi) is 24.6. The summed E-state index contributed by atoms with van der Waals surface area (Å²) in [4.78, 5) is 160. The van der Waals surface area contributed by atoms with Crippen molar-refractivity contribution in [2.45, 2.75) is 122 Å². The topological polar surface area (TPSA) is 302 Å². The van der Waals surface area contributed by atoms with Gasteiger partial charge in [0.05, 0.1) is 11.7 Å². The van der Waals surface area contributed by atoms with Gasteiger partial charge in [-0.2, -0.15) is 0 Å². The lowest BCUT2D eigenvalue weighted by Gasteiger charge is -2.40. The van der Waals surface area contributed by atoms with Crippen LogP contribution in [0.25, 0.3) is 0 Å². The molecule has 0 unspecified atom stereocenters. The number of likely N-dealkylation sites (N-methyl/N-ethyl adjacent to an activating group) is 5. The molecule has 1 fully saturated rings. The van der Waals surface area contributed by atoms with Gasteiger partial charge in [0, 0.05) is 68.1 Å². The molecule has 1 saturated heterocycles. The van der Waals surface area contributed by atoms with Gasteiger partial charge in [0.1, 0.15) is 30.2 Å². The van der Waals surface area contributed by atoms with E-state index in [9.17, 15) is 63.0 Å². The second kappa shape index (κ2) is 27.7. The Morgan fingerprint density at radius 1 is 0.704 bits per heavy atom. The van der Waals surface area contributed by atoms with Crippen molar-refractivity contribution < 1.29 is 63.0 Å². The molecule has 0 radical (unpaired) electrons. The van der Waals surface area contributed by atoms with Crippen LogP contribution in [0, 0.1) is 11.8 Å². The molecule has 16 amide bonds. The van der Waals surface area contributed by atoms with Crippen LogP contribution < -0.4 is 21.3 Å². The van der Waals surface area contributed by atoms with E-state index in [2.05, 4.69) is 10.6 Å². The lowest BCUT2D eigenvalue weighted by atomic mass is 9.91. The van der Waals surface area contributed by atoms with Crippen molar-refractivity contribution in [1.29, 1.82) is 0 Å². The Labute approximate surface area is 421 Å². The van der Waals surface area contributed by atoms with E-state index in [1.807, 2.05) is 15.5 Å².